The Morgan fingerprint density at radius 3 is 2.59 bits per heavy atom. The number of benzene rings is 2. The van der Waals surface area contributed by atoms with Crippen molar-refractivity contribution in [2.75, 3.05) is 37.4 Å². The molecule has 156 valence electrons. The van der Waals surface area contributed by atoms with Gasteiger partial charge in [-0.15, -0.1) is 0 Å². The van der Waals surface area contributed by atoms with Crippen molar-refractivity contribution in [3.63, 3.8) is 0 Å². The summed E-state index contributed by atoms with van der Waals surface area (Å²) in [5.41, 5.74) is 2.58. The molecule has 2 amide bonds. The van der Waals surface area contributed by atoms with E-state index in [9.17, 15) is 13.2 Å². The van der Waals surface area contributed by atoms with Crippen LogP contribution in [-0.2, 0) is 23.0 Å². The molecule has 2 aromatic carbocycles. The zero-order chi connectivity index (χ0) is 20.9. The van der Waals surface area contributed by atoms with E-state index < -0.39 is 16.1 Å². The van der Waals surface area contributed by atoms with E-state index in [4.69, 9.17) is 9.47 Å². The second kappa shape index (κ2) is 9.04. The van der Waals surface area contributed by atoms with Crippen molar-refractivity contribution in [2.24, 2.45) is 0 Å². The number of anilines is 1. The number of amides is 2. The van der Waals surface area contributed by atoms with E-state index >= 15 is 0 Å². The van der Waals surface area contributed by atoms with Crippen LogP contribution in [0.3, 0.4) is 0 Å². The fourth-order valence-corrected chi connectivity index (χ4v) is 4.66. The minimum Gasteiger partial charge on any atom is -0.493 e. The highest BCUT2D eigenvalue weighted by atomic mass is 32.2. The van der Waals surface area contributed by atoms with E-state index in [0.717, 1.165) is 16.8 Å². The second-order valence-electron chi connectivity index (χ2n) is 6.57. The first-order chi connectivity index (χ1) is 13.9. The number of sulfonamides is 1. The molecule has 0 spiro atoms. The lowest BCUT2D eigenvalue weighted by Gasteiger charge is -2.19. The number of fused-ring (bicyclic) bond motifs is 1. The van der Waals surface area contributed by atoms with Gasteiger partial charge in [0.05, 0.1) is 25.7 Å². The van der Waals surface area contributed by atoms with E-state index in [-0.39, 0.29) is 18.8 Å². The molecule has 8 nitrogen and oxygen atoms in total. The quantitative estimate of drug-likeness (QED) is 0.681. The molecule has 0 atom stereocenters. The van der Waals surface area contributed by atoms with Crippen LogP contribution in [0.15, 0.2) is 42.5 Å². The first-order valence-electron chi connectivity index (χ1n) is 9.25. The van der Waals surface area contributed by atoms with Gasteiger partial charge in [0.1, 0.15) is 0 Å². The van der Waals surface area contributed by atoms with E-state index in [1.807, 2.05) is 30.3 Å². The predicted molar refractivity (Wildman–Crippen MR) is 111 cm³/mol. The first-order valence-corrected chi connectivity index (χ1v) is 10.9. The number of hydrogen-bond acceptors (Lipinski definition) is 5. The van der Waals surface area contributed by atoms with Crippen LogP contribution in [0.5, 0.6) is 11.5 Å². The maximum absolute atomic E-state index is 12.6. The molecular weight excluding hydrogens is 394 g/mol. The van der Waals surface area contributed by atoms with Gasteiger partial charge in [0.2, 0.25) is 10.0 Å². The van der Waals surface area contributed by atoms with Gasteiger partial charge >= 0.3 is 6.03 Å². The Kier molecular flexibility index (Phi) is 6.48. The SMILES string of the molecule is COc1ccc(CNC(=O)NCCS(=O)(=O)N2CCc3ccccc32)cc1OC. The molecule has 3 rings (SSSR count). The summed E-state index contributed by atoms with van der Waals surface area (Å²) in [5.74, 6) is 1.02. The summed E-state index contributed by atoms with van der Waals surface area (Å²) in [6.45, 7) is 0.740. The molecule has 0 radical (unpaired) electrons. The van der Waals surface area contributed by atoms with Crippen LogP contribution in [0.4, 0.5) is 10.5 Å². The normalized spacial score (nSPS) is 13.0. The monoisotopic (exact) mass is 419 g/mol. The van der Waals surface area contributed by atoms with Crippen LogP contribution >= 0.6 is 0 Å². The van der Waals surface area contributed by atoms with Crippen LogP contribution in [0.25, 0.3) is 0 Å². The number of carbonyl (C=O) groups excluding carboxylic acids is 1. The lowest BCUT2D eigenvalue weighted by Crippen LogP contribution is -2.40. The molecule has 0 saturated carbocycles. The number of hydrogen-bond donors (Lipinski definition) is 2. The summed E-state index contributed by atoms with van der Waals surface area (Å²) in [7, 11) is -0.396. The minimum absolute atomic E-state index is 0.0266. The lowest BCUT2D eigenvalue weighted by molar-refractivity contribution is 0.241. The molecule has 9 heteroatoms. The van der Waals surface area contributed by atoms with Gasteiger partial charge in [-0.3, -0.25) is 4.31 Å². The summed E-state index contributed by atoms with van der Waals surface area (Å²) in [5, 5.41) is 5.30. The maximum atomic E-state index is 12.6. The molecule has 0 bridgehead atoms. The number of nitrogens with one attached hydrogen (secondary N) is 2. The van der Waals surface area contributed by atoms with Crippen molar-refractivity contribution in [2.45, 2.75) is 13.0 Å². The van der Waals surface area contributed by atoms with Crippen molar-refractivity contribution in [3.8, 4) is 11.5 Å². The Balaban J connectivity index is 1.48. The molecule has 0 fully saturated rings. The average Bonchev–Trinajstić information content (AvgIpc) is 3.17. The zero-order valence-electron chi connectivity index (χ0n) is 16.5. The van der Waals surface area contributed by atoms with E-state index in [1.54, 1.807) is 26.4 Å². The molecule has 1 heterocycles. The van der Waals surface area contributed by atoms with Gasteiger partial charge in [0, 0.05) is 19.6 Å². The smallest absolute Gasteiger partial charge is 0.315 e. The third-order valence-corrected chi connectivity index (χ3v) is 6.50. The zero-order valence-corrected chi connectivity index (χ0v) is 17.3. The molecule has 0 unspecified atom stereocenters. The summed E-state index contributed by atoms with van der Waals surface area (Å²) >= 11 is 0. The van der Waals surface area contributed by atoms with Gasteiger partial charge in [-0.1, -0.05) is 24.3 Å². The van der Waals surface area contributed by atoms with Crippen LogP contribution in [0.2, 0.25) is 0 Å². The highest BCUT2D eigenvalue weighted by molar-refractivity contribution is 7.92. The van der Waals surface area contributed by atoms with Crippen molar-refractivity contribution in [3.05, 3.63) is 53.6 Å². The Morgan fingerprint density at radius 2 is 1.83 bits per heavy atom. The average molecular weight is 420 g/mol. The Labute approximate surface area is 170 Å². The van der Waals surface area contributed by atoms with Crippen LogP contribution in [0.1, 0.15) is 11.1 Å². The summed E-state index contributed by atoms with van der Waals surface area (Å²) in [6.07, 6.45) is 0.703. The van der Waals surface area contributed by atoms with Crippen LogP contribution < -0.4 is 24.4 Å². The third-order valence-electron chi connectivity index (χ3n) is 4.73. The highest BCUT2D eigenvalue weighted by Gasteiger charge is 2.28. The van der Waals surface area contributed by atoms with Gasteiger partial charge in [-0.05, 0) is 35.7 Å². The minimum atomic E-state index is -3.49. The second-order valence-corrected chi connectivity index (χ2v) is 8.58. The molecule has 0 saturated heterocycles. The maximum Gasteiger partial charge on any atom is 0.315 e. The van der Waals surface area contributed by atoms with Crippen molar-refractivity contribution in [1.29, 1.82) is 0 Å². The molecule has 0 aromatic heterocycles. The Hall–Kier alpha value is -2.94. The van der Waals surface area contributed by atoms with Gasteiger partial charge in [0.25, 0.3) is 0 Å². The topological polar surface area (TPSA) is 97.0 Å². The number of carbonyl (C=O) groups is 1. The highest BCUT2D eigenvalue weighted by Crippen LogP contribution is 2.30. The Bertz CT molecular complexity index is 978. The van der Waals surface area contributed by atoms with E-state index in [1.165, 1.54) is 4.31 Å². The number of urea groups is 1. The molecule has 29 heavy (non-hydrogen) atoms. The number of ether oxygens (including phenoxy) is 2. The fourth-order valence-electron chi connectivity index (χ4n) is 3.24. The summed E-state index contributed by atoms with van der Waals surface area (Å²) in [4.78, 5) is 12.0. The van der Waals surface area contributed by atoms with Crippen molar-refractivity contribution < 1.29 is 22.7 Å². The number of rotatable bonds is 8. The summed E-state index contributed by atoms with van der Waals surface area (Å²) < 4.78 is 37.1. The van der Waals surface area contributed by atoms with E-state index in [2.05, 4.69) is 10.6 Å². The molecule has 2 aromatic rings. The molecule has 1 aliphatic heterocycles. The molecular formula is C20H25N3O5S. The first kappa shape index (κ1) is 20.8. The largest absolute Gasteiger partial charge is 0.493 e. The number of para-hydroxylation sites is 1. The van der Waals surface area contributed by atoms with Gasteiger partial charge in [-0.2, -0.15) is 0 Å². The molecule has 2 N–H and O–H groups in total. The van der Waals surface area contributed by atoms with Gasteiger partial charge in [-0.25, -0.2) is 13.2 Å². The fraction of sp³-hybridized carbons (Fsp3) is 0.350. The standard InChI is InChI=1S/C20H25N3O5S/c1-27-18-8-7-15(13-19(18)28-2)14-22-20(24)21-10-12-29(25,26)23-11-9-16-5-3-4-6-17(16)23/h3-8,13H,9-12,14H2,1-2H3,(H2,21,22,24). The van der Waals surface area contributed by atoms with Crippen LogP contribution in [-0.4, -0.2) is 47.5 Å². The summed E-state index contributed by atoms with van der Waals surface area (Å²) in [6, 6.07) is 12.4. The van der Waals surface area contributed by atoms with Crippen LogP contribution in [0, 0.1) is 0 Å². The van der Waals surface area contributed by atoms with Gasteiger partial charge in [0.15, 0.2) is 11.5 Å². The third kappa shape index (κ3) is 4.92. The number of nitrogens with zero attached hydrogens (tertiary/aromatic N) is 1. The number of methoxy groups -OCH3 is 2. The molecule has 1 aliphatic rings. The Morgan fingerprint density at radius 1 is 1.07 bits per heavy atom. The van der Waals surface area contributed by atoms with E-state index in [0.29, 0.717) is 24.5 Å². The van der Waals surface area contributed by atoms with Crippen molar-refractivity contribution in [1.82, 2.24) is 10.6 Å². The lowest BCUT2D eigenvalue weighted by atomic mass is 10.2. The molecule has 0 aliphatic carbocycles. The van der Waals surface area contributed by atoms with Gasteiger partial charge < -0.3 is 20.1 Å². The van der Waals surface area contributed by atoms with Crippen molar-refractivity contribution >= 4 is 21.7 Å². The predicted octanol–water partition coefficient (Wildman–Crippen LogP) is 1.90.